The molecule has 1 fully saturated rings. The molecular weight excluding hydrogens is 312 g/mol. The number of amides is 1. The molecule has 0 radical (unpaired) electrons. The first-order chi connectivity index (χ1) is 10.4. The Balaban J connectivity index is 0.00000264. The fourth-order valence-corrected chi connectivity index (χ4v) is 3.08. The highest BCUT2D eigenvalue weighted by Crippen LogP contribution is 2.32. The van der Waals surface area contributed by atoms with E-state index in [1.54, 1.807) is 4.90 Å². The highest BCUT2D eigenvalue weighted by Gasteiger charge is 2.38. The van der Waals surface area contributed by atoms with Gasteiger partial charge in [-0.25, -0.2) is 0 Å². The first kappa shape index (κ1) is 19.8. The molecular formula is C18H29ClN2O2. The largest absolute Gasteiger partial charge is 0.492 e. The summed E-state index contributed by atoms with van der Waals surface area (Å²) in [5.41, 5.74) is 7.15. The molecule has 0 heterocycles. The van der Waals surface area contributed by atoms with Gasteiger partial charge in [-0.05, 0) is 38.8 Å². The summed E-state index contributed by atoms with van der Waals surface area (Å²) in [6.07, 6.45) is 4.04. The van der Waals surface area contributed by atoms with Crippen LogP contribution in [0.4, 0.5) is 0 Å². The number of nitrogens with two attached hydrogens (primary N) is 1. The van der Waals surface area contributed by atoms with Crippen LogP contribution in [0.3, 0.4) is 0 Å². The second-order valence-electron chi connectivity index (χ2n) is 6.73. The van der Waals surface area contributed by atoms with Crippen LogP contribution in [0.15, 0.2) is 24.3 Å². The van der Waals surface area contributed by atoms with Gasteiger partial charge >= 0.3 is 0 Å². The van der Waals surface area contributed by atoms with E-state index in [2.05, 4.69) is 0 Å². The van der Waals surface area contributed by atoms with Crippen LogP contribution in [0.2, 0.25) is 0 Å². The number of ether oxygens (including phenoxy) is 1. The second-order valence-corrected chi connectivity index (χ2v) is 6.73. The maximum atomic E-state index is 12.6. The van der Waals surface area contributed by atoms with Crippen molar-refractivity contribution in [2.24, 2.45) is 11.7 Å². The van der Waals surface area contributed by atoms with Crippen LogP contribution in [-0.2, 0) is 4.79 Å². The third-order valence-electron chi connectivity index (χ3n) is 4.65. The summed E-state index contributed by atoms with van der Waals surface area (Å²) in [5, 5.41) is 0. The predicted octanol–water partition coefficient (Wildman–Crippen LogP) is 3.16. The first-order valence-electron chi connectivity index (χ1n) is 8.13. The lowest BCUT2D eigenvalue weighted by atomic mass is 9.74. The number of likely N-dealkylation sites (N-methyl/N-ethyl adjacent to an activating group) is 1. The average molecular weight is 341 g/mol. The molecule has 2 atom stereocenters. The molecule has 2 unspecified atom stereocenters. The van der Waals surface area contributed by atoms with Crippen LogP contribution in [0.25, 0.3) is 0 Å². The van der Waals surface area contributed by atoms with E-state index in [0.29, 0.717) is 13.2 Å². The summed E-state index contributed by atoms with van der Waals surface area (Å²) in [7, 11) is 1.84. The molecule has 1 amide bonds. The summed E-state index contributed by atoms with van der Waals surface area (Å²) >= 11 is 0. The van der Waals surface area contributed by atoms with Crippen molar-refractivity contribution >= 4 is 18.3 Å². The van der Waals surface area contributed by atoms with Crippen molar-refractivity contribution in [2.75, 3.05) is 20.2 Å². The highest BCUT2D eigenvalue weighted by atomic mass is 35.5. The minimum absolute atomic E-state index is 0. The van der Waals surface area contributed by atoms with Crippen LogP contribution in [0.5, 0.6) is 5.75 Å². The fourth-order valence-electron chi connectivity index (χ4n) is 3.08. The van der Waals surface area contributed by atoms with Gasteiger partial charge < -0.3 is 15.4 Å². The van der Waals surface area contributed by atoms with Crippen molar-refractivity contribution in [1.82, 2.24) is 4.90 Å². The zero-order valence-corrected chi connectivity index (χ0v) is 15.2. The van der Waals surface area contributed by atoms with Gasteiger partial charge in [-0.15, -0.1) is 12.4 Å². The molecule has 2 rings (SSSR count). The molecule has 0 bridgehead atoms. The maximum absolute atomic E-state index is 12.6. The molecule has 1 aliphatic rings. The number of halogens is 1. The minimum Gasteiger partial charge on any atom is -0.492 e. The Morgan fingerprint density at radius 2 is 2.00 bits per heavy atom. The number of nitrogens with zero attached hydrogens (tertiary/aromatic N) is 1. The Morgan fingerprint density at radius 3 is 2.61 bits per heavy atom. The molecule has 4 nitrogen and oxygen atoms in total. The monoisotopic (exact) mass is 340 g/mol. The van der Waals surface area contributed by atoms with Gasteiger partial charge in [-0.1, -0.05) is 30.5 Å². The topological polar surface area (TPSA) is 55.6 Å². The third-order valence-corrected chi connectivity index (χ3v) is 4.65. The first-order valence-corrected chi connectivity index (χ1v) is 8.13. The van der Waals surface area contributed by atoms with Gasteiger partial charge in [-0.3, -0.25) is 4.79 Å². The summed E-state index contributed by atoms with van der Waals surface area (Å²) in [6.45, 7) is 5.13. The van der Waals surface area contributed by atoms with E-state index >= 15 is 0 Å². The minimum atomic E-state index is -0.374. The summed E-state index contributed by atoms with van der Waals surface area (Å²) in [6, 6.07) is 7.95. The number of hydrogen-bond donors (Lipinski definition) is 1. The van der Waals surface area contributed by atoms with Crippen molar-refractivity contribution in [3.8, 4) is 5.75 Å². The van der Waals surface area contributed by atoms with Gasteiger partial charge in [0, 0.05) is 12.6 Å². The van der Waals surface area contributed by atoms with E-state index in [1.807, 2.05) is 45.2 Å². The van der Waals surface area contributed by atoms with Gasteiger partial charge in [0.15, 0.2) is 0 Å². The molecule has 130 valence electrons. The number of benzene rings is 1. The SMILES string of the molecule is Cc1ccc(OCCN(C)C(=O)C2CCCCC2(C)N)cc1.Cl. The Bertz CT molecular complexity index is 502. The van der Waals surface area contributed by atoms with Gasteiger partial charge in [-0.2, -0.15) is 0 Å². The molecule has 1 saturated carbocycles. The molecule has 1 aromatic rings. The normalized spacial score (nSPS) is 23.7. The summed E-state index contributed by atoms with van der Waals surface area (Å²) < 4.78 is 5.70. The van der Waals surface area contributed by atoms with Crippen molar-refractivity contribution in [1.29, 1.82) is 0 Å². The zero-order chi connectivity index (χ0) is 16.2. The summed E-state index contributed by atoms with van der Waals surface area (Å²) in [5.74, 6) is 0.926. The molecule has 0 spiro atoms. The van der Waals surface area contributed by atoms with E-state index in [4.69, 9.17) is 10.5 Å². The average Bonchev–Trinajstić information content (AvgIpc) is 2.48. The van der Waals surface area contributed by atoms with Crippen LogP contribution in [-0.4, -0.2) is 36.5 Å². The van der Waals surface area contributed by atoms with Crippen LogP contribution >= 0.6 is 12.4 Å². The molecule has 1 aliphatic carbocycles. The third kappa shape index (κ3) is 5.40. The van der Waals surface area contributed by atoms with Crippen LogP contribution in [0, 0.1) is 12.8 Å². The van der Waals surface area contributed by atoms with Gasteiger partial charge in [0.05, 0.1) is 12.5 Å². The lowest BCUT2D eigenvalue weighted by Gasteiger charge is -2.39. The molecule has 23 heavy (non-hydrogen) atoms. The van der Waals surface area contributed by atoms with E-state index in [9.17, 15) is 4.79 Å². The van der Waals surface area contributed by atoms with E-state index in [1.165, 1.54) is 5.56 Å². The molecule has 5 heteroatoms. The molecule has 0 aliphatic heterocycles. The second kappa shape index (κ2) is 8.55. The Hall–Kier alpha value is -1.26. The molecule has 1 aromatic carbocycles. The van der Waals surface area contributed by atoms with Gasteiger partial charge in [0.25, 0.3) is 0 Å². The van der Waals surface area contributed by atoms with E-state index in [0.717, 1.165) is 31.4 Å². The standard InChI is InChI=1S/C18H28N2O2.ClH/c1-14-7-9-15(10-8-14)22-13-12-20(3)17(21)16-6-4-5-11-18(16,2)19;/h7-10,16H,4-6,11-13,19H2,1-3H3;1H. The van der Waals surface area contributed by atoms with Gasteiger partial charge in [0.1, 0.15) is 12.4 Å². The quantitative estimate of drug-likeness (QED) is 0.895. The Labute approximate surface area is 145 Å². The Morgan fingerprint density at radius 1 is 1.35 bits per heavy atom. The zero-order valence-electron chi connectivity index (χ0n) is 14.4. The van der Waals surface area contributed by atoms with E-state index < -0.39 is 0 Å². The van der Waals surface area contributed by atoms with Crippen molar-refractivity contribution in [3.05, 3.63) is 29.8 Å². The maximum Gasteiger partial charge on any atom is 0.227 e. The number of hydrogen-bond acceptors (Lipinski definition) is 3. The highest BCUT2D eigenvalue weighted by molar-refractivity contribution is 5.85. The number of carbonyl (C=O) groups is 1. The lowest BCUT2D eigenvalue weighted by molar-refractivity contribution is -0.137. The van der Waals surface area contributed by atoms with Crippen LogP contribution < -0.4 is 10.5 Å². The molecule has 2 N–H and O–H groups in total. The lowest BCUT2D eigenvalue weighted by Crippen LogP contribution is -2.53. The number of rotatable bonds is 5. The number of aryl methyl sites for hydroxylation is 1. The predicted molar refractivity (Wildman–Crippen MR) is 96.1 cm³/mol. The van der Waals surface area contributed by atoms with Crippen molar-refractivity contribution in [2.45, 2.75) is 45.1 Å². The Kier molecular flexibility index (Phi) is 7.36. The van der Waals surface area contributed by atoms with Gasteiger partial charge in [0.2, 0.25) is 5.91 Å². The number of carbonyl (C=O) groups excluding carboxylic acids is 1. The summed E-state index contributed by atoms with van der Waals surface area (Å²) in [4.78, 5) is 14.4. The fraction of sp³-hybridized carbons (Fsp3) is 0.611. The van der Waals surface area contributed by atoms with Crippen LogP contribution in [0.1, 0.15) is 38.2 Å². The molecule has 0 aromatic heterocycles. The van der Waals surface area contributed by atoms with Crippen molar-refractivity contribution < 1.29 is 9.53 Å². The molecule has 0 saturated heterocycles. The van der Waals surface area contributed by atoms with Crippen molar-refractivity contribution in [3.63, 3.8) is 0 Å². The van der Waals surface area contributed by atoms with E-state index in [-0.39, 0.29) is 29.8 Å². The smallest absolute Gasteiger partial charge is 0.227 e.